The van der Waals surface area contributed by atoms with Crippen LogP contribution in [0.2, 0.25) is 0 Å². The highest BCUT2D eigenvalue weighted by Crippen LogP contribution is 2.26. The van der Waals surface area contributed by atoms with E-state index in [0.717, 1.165) is 46.1 Å². The third-order valence-electron chi connectivity index (χ3n) is 4.15. The van der Waals surface area contributed by atoms with Crippen LogP contribution in [-0.2, 0) is 9.47 Å². The number of aliphatic hydroxyl groups excluding tert-OH is 1. The summed E-state index contributed by atoms with van der Waals surface area (Å²) in [5.41, 5.74) is 0. The van der Waals surface area contributed by atoms with E-state index in [1.807, 2.05) is 13.8 Å². The maximum atomic E-state index is 10.4. The summed E-state index contributed by atoms with van der Waals surface area (Å²) >= 11 is 0. The predicted octanol–water partition coefficient (Wildman–Crippen LogP) is 2.30. The van der Waals surface area contributed by atoms with Crippen LogP contribution in [-0.4, -0.2) is 62.2 Å². The second-order valence-corrected chi connectivity index (χ2v) is 5.66. The Morgan fingerprint density at radius 2 is 1.55 bits per heavy atom. The number of nitrogens with zero attached hydrogens (tertiary/aromatic N) is 1. The van der Waals surface area contributed by atoms with Gasteiger partial charge in [-0.3, -0.25) is 4.90 Å². The average Bonchev–Trinajstić information content (AvgIpc) is 2.48. The van der Waals surface area contributed by atoms with Crippen molar-refractivity contribution in [1.82, 2.24) is 4.90 Å². The van der Waals surface area contributed by atoms with Crippen molar-refractivity contribution in [3.8, 4) is 0 Å². The molecule has 1 atom stereocenters. The first-order chi connectivity index (χ1) is 9.77. The van der Waals surface area contributed by atoms with Crippen molar-refractivity contribution in [2.75, 3.05) is 46.1 Å². The number of rotatable bonds is 11. The molecule has 0 spiro atoms. The van der Waals surface area contributed by atoms with Crippen LogP contribution in [0.25, 0.3) is 0 Å². The lowest BCUT2D eigenvalue weighted by atomic mass is 9.85. The van der Waals surface area contributed by atoms with Crippen molar-refractivity contribution < 1.29 is 14.6 Å². The summed E-state index contributed by atoms with van der Waals surface area (Å²) in [7, 11) is 0. The lowest BCUT2D eigenvalue weighted by molar-refractivity contribution is 0.0231. The van der Waals surface area contributed by atoms with Crippen LogP contribution in [0.4, 0.5) is 0 Å². The zero-order chi connectivity index (χ0) is 14.6. The van der Waals surface area contributed by atoms with E-state index in [2.05, 4.69) is 4.90 Å². The molecule has 1 N–H and O–H groups in total. The van der Waals surface area contributed by atoms with Gasteiger partial charge in [0.2, 0.25) is 0 Å². The summed E-state index contributed by atoms with van der Waals surface area (Å²) in [4.78, 5) is 2.28. The quantitative estimate of drug-likeness (QED) is 0.592. The number of hydrogen-bond donors (Lipinski definition) is 1. The predicted molar refractivity (Wildman–Crippen MR) is 82.0 cm³/mol. The fraction of sp³-hybridized carbons (Fsp3) is 1.00. The van der Waals surface area contributed by atoms with Gasteiger partial charge in [-0.2, -0.15) is 0 Å². The minimum absolute atomic E-state index is 0.196. The summed E-state index contributed by atoms with van der Waals surface area (Å²) in [6.45, 7) is 9.53. The number of hydrogen-bond acceptors (Lipinski definition) is 4. The van der Waals surface area contributed by atoms with Crippen molar-refractivity contribution in [2.24, 2.45) is 5.92 Å². The second-order valence-electron chi connectivity index (χ2n) is 5.66. The minimum atomic E-state index is -0.196. The molecule has 0 radical (unpaired) electrons. The van der Waals surface area contributed by atoms with E-state index in [1.54, 1.807) is 0 Å². The van der Waals surface area contributed by atoms with Crippen molar-refractivity contribution in [2.45, 2.75) is 52.1 Å². The normalized spacial score (nSPS) is 18.6. The first-order valence-corrected chi connectivity index (χ1v) is 8.33. The van der Waals surface area contributed by atoms with Gasteiger partial charge in [-0.1, -0.05) is 19.3 Å². The fourth-order valence-corrected chi connectivity index (χ4v) is 2.90. The molecule has 0 aromatic rings. The Labute approximate surface area is 124 Å². The van der Waals surface area contributed by atoms with Crippen LogP contribution in [0.1, 0.15) is 46.0 Å². The smallest absolute Gasteiger partial charge is 0.0695 e. The highest BCUT2D eigenvalue weighted by molar-refractivity contribution is 4.76. The van der Waals surface area contributed by atoms with E-state index in [4.69, 9.17) is 9.47 Å². The Hall–Kier alpha value is -0.160. The summed E-state index contributed by atoms with van der Waals surface area (Å²) in [5, 5.41) is 10.4. The van der Waals surface area contributed by atoms with E-state index in [9.17, 15) is 5.11 Å². The molecule has 1 aliphatic rings. The molecule has 1 saturated carbocycles. The van der Waals surface area contributed by atoms with Gasteiger partial charge >= 0.3 is 0 Å². The van der Waals surface area contributed by atoms with Crippen LogP contribution in [0.15, 0.2) is 0 Å². The van der Waals surface area contributed by atoms with Crippen molar-refractivity contribution in [3.63, 3.8) is 0 Å². The van der Waals surface area contributed by atoms with Gasteiger partial charge in [0, 0.05) is 32.8 Å². The van der Waals surface area contributed by atoms with Crippen LogP contribution < -0.4 is 0 Å². The number of ether oxygens (including phenoxy) is 2. The maximum absolute atomic E-state index is 10.4. The molecule has 1 fully saturated rings. The average molecular weight is 287 g/mol. The van der Waals surface area contributed by atoms with E-state index in [0.29, 0.717) is 5.92 Å². The van der Waals surface area contributed by atoms with Gasteiger partial charge in [0.15, 0.2) is 0 Å². The minimum Gasteiger partial charge on any atom is -0.392 e. The summed E-state index contributed by atoms with van der Waals surface area (Å²) < 4.78 is 10.9. The fourth-order valence-electron chi connectivity index (χ4n) is 2.90. The maximum Gasteiger partial charge on any atom is 0.0695 e. The van der Waals surface area contributed by atoms with E-state index in [-0.39, 0.29) is 6.10 Å². The van der Waals surface area contributed by atoms with E-state index < -0.39 is 0 Å². The molecule has 0 heterocycles. The molecule has 0 amide bonds. The monoisotopic (exact) mass is 287 g/mol. The summed E-state index contributed by atoms with van der Waals surface area (Å²) in [6, 6.07) is 0. The third kappa shape index (κ3) is 7.58. The second kappa shape index (κ2) is 11.5. The summed E-state index contributed by atoms with van der Waals surface area (Å²) in [6.07, 6.45) is 6.07. The molecule has 0 bridgehead atoms. The molecular weight excluding hydrogens is 254 g/mol. The SMILES string of the molecule is CCOCCN(CCOCC)CC(O)C1CCCCC1. The highest BCUT2D eigenvalue weighted by atomic mass is 16.5. The molecule has 1 rings (SSSR count). The van der Waals surface area contributed by atoms with Crippen molar-refractivity contribution >= 4 is 0 Å². The third-order valence-corrected chi connectivity index (χ3v) is 4.15. The van der Waals surface area contributed by atoms with Gasteiger partial charge in [-0.15, -0.1) is 0 Å². The molecular formula is C16H33NO3. The van der Waals surface area contributed by atoms with Crippen LogP contribution in [0, 0.1) is 5.92 Å². The molecule has 1 unspecified atom stereocenters. The van der Waals surface area contributed by atoms with E-state index in [1.165, 1.54) is 32.1 Å². The first-order valence-electron chi connectivity index (χ1n) is 8.33. The van der Waals surface area contributed by atoms with Gasteiger partial charge in [0.1, 0.15) is 0 Å². The first kappa shape index (κ1) is 17.9. The largest absolute Gasteiger partial charge is 0.392 e. The van der Waals surface area contributed by atoms with Gasteiger partial charge in [0.25, 0.3) is 0 Å². The van der Waals surface area contributed by atoms with Crippen LogP contribution >= 0.6 is 0 Å². The Bertz CT molecular complexity index is 210. The zero-order valence-corrected chi connectivity index (χ0v) is 13.4. The lowest BCUT2D eigenvalue weighted by Crippen LogP contribution is -2.40. The molecule has 20 heavy (non-hydrogen) atoms. The molecule has 4 nitrogen and oxygen atoms in total. The Balaban J connectivity index is 2.31. The lowest BCUT2D eigenvalue weighted by Gasteiger charge is -2.31. The number of aliphatic hydroxyl groups is 1. The Kier molecular flexibility index (Phi) is 10.3. The molecule has 4 heteroatoms. The summed E-state index contributed by atoms with van der Waals surface area (Å²) in [5.74, 6) is 0.491. The molecule has 120 valence electrons. The van der Waals surface area contributed by atoms with Gasteiger partial charge in [0.05, 0.1) is 19.3 Å². The molecule has 0 aromatic carbocycles. The van der Waals surface area contributed by atoms with Crippen LogP contribution in [0.3, 0.4) is 0 Å². The molecule has 0 aliphatic heterocycles. The van der Waals surface area contributed by atoms with Crippen molar-refractivity contribution in [1.29, 1.82) is 0 Å². The molecule has 1 aliphatic carbocycles. The topological polar surface area (TPSA) is 41.9 Å². The standard InChI is InChI=1S/C16H33NO3/c1-3-19-12-10-17(11-13-20-4-2)14-16(18)15-8-6-5-7-9-15/h15-16,18H,3-14H2,1-2H3. The highest BCUT2D eigenvalue weighted by Gasteiger charge is 2.23. The van der Waals surface area contributed by atoms with Gasteiger partial charge in [-0.05, 0) is 32.6 Å². The zero-order valence-electron chi connectivity index (χ0n) is 13.4. The van der Waals surface area contributed by atoms with Gasteiger partial charge < -0.3 is 14.6 Å². The van der Waals surface area contributed by atoms with Crippen molar-refractivity contribution in [3.05, 3.63) is 0 Å². The molecule has 0 saturated heterocycles. The van der Waals surface area contributed by atoms with Crippen LogP contribution in [0.5, 0.6) is 0 Å². The Morgan fingerprint density at radius 1 is 1.00 bits per heavy atom. The molecule has 0 aromatic heterocycles. The Morgan fingerprint density at radius 3 is 2.05 bits per heavy atom. The van der Waals surface area contributed by atoms with Gasteiger partial charge in [-0.25, -0.2) is 0 Å². The van der Waals surface area contributed by atoms with E-state index >= 15 is 0 Å².